The molecule has 2 atom stereocenters. The van der Waals surface area contributed by atoms with E-state index in [0.29, 0.717) is 12.5 Å². The van der Waals surface area contributed by atoms with Crippen molar-refractivity contribution in [3.05, 3.63) is 47.0 Å². The number of carbonyl (C=O) groups is 1. The highest BCUT2D eigenvalue weighted by molar-refractivity contribution is 5.74. The van der Waals surface area contributed by atoms with Crippen LogP contribution in [0.5, 0.6) is 0 Å². The summed E-state index contributed by atoms with van der Waals surface area (Å²) in [7, 11) is 0. The van der Waals surface area contributed by atoms with Gasteiger partial charge in [0, 0.05) is 0 Å². The summed E-state index contributed by atoms with van der Waals surface area (Å²) < 4.78 is 1.84. The largest absolute Gasteiger partial charge is 0.331 e. The van der Waals surface area contributed by atoms with Gasteiger partial charge in [-0.05, 0) is 51.2 Å². The summed E-state index contributed by atoms with van der Waals surface area (Å²) in [5, 5.41) is 10.3. The fourth-order valence-corrected chi connectivity index (χ4v) is 3.48. The molecule has 6 nitrogen and oxygen atoms in total. The number of hydrogen-bond acceptors (Lipinski definition) is 3. The molecule has 6 heteroatoms. The number of urea groups is 1. The highest BCUT2D eigenvalue weighted by atomic mass is 16.2. The molecule has 0 spiro atoms. The first-order chi connectivity index (χ1) is 11.8. The molecular formula is C19H27N5O. The summed E-state index contributed by atoms with van der Waals surface area (Å²) >= 11 is 0. The van der Waals surface area contributed by atoms with Crippen molar-refractivity contribution in [1.29, 1.82) is 0 Å². The van der Waals surface area contributed by atoms with Gasteiger partial charge in [-0.3, -0.25) is 0 Å². The molecule has 3 rings (SSSR count). The van der Waals surface area contributed by atoms with Crippen molar-refractivity contribution in [3.63, 3.8) is 0 Å². The SMILES string of the molecule is Cc1ccc2c(c1)[C@H](NC(=O)NCc1ncnn1C(C)(C)C)[C@H](C)C2. The third-order valence-electron chi connectivity index (χ3n) is 4.69. The van der Waals surface area contributed by atoms with E-state index in [1.165, 1.54) is 23.0 Å². The highest BCUT2D eigenvalue weighted by Crippen LogP contribution is 2.36. The van der Waals surface area contributed by atoms with Crippen LogP contribution < -0.4 is 10.6 Å². The van der Waals surface area contributed by atoms with Gasteiger partial charge in [-0.15, -0.1) is 0 Å². The molecule has 1 aromatic carbocycles. The van der Waals surface area contributed by atoms with Crippen LogP contribution in [0.1, 0.15) is 56.3 Å². The Morgan fingerprint density at radius 3 is 2.84 bits per heavy atom. The van der Waals surface area contributed by atoms with Gasteiger partial charge < -0.3 is 10.6 Å². The summed E-state index contributed by atoms with van der Waals surface area (Å²) in [6.45, 7) is 10.8. The minimum absolute atomic E-state index is 0.0513. The highest BCUT2D eigenvalue weighted by Gasteiger charge is 2.30. The predicted octanol–water partition coefficient (Wildman–Crippen LogP) is 3.07. The average molecular weight is 341 g/mol. The summed E-state index contributed by atoms with van der Waals surface area (Å²) in [4.78, 5) is 16.7. The minimum atomic E-state index is -0.172. The predicted molar refractivity (Wildman–Crippen MR) is 97.2 cm³/mol. The van der Waals surface area contributed by atoms with Gasteiger partial charge in [-0.1, -0.05) is 30.7 Å². The lowest BCUT2D eigenvalue weighted by molar-refractivity contribution is 0.232. The first-order valence-corrected chi connectivity index (χ1v) is 8.79. The Balaban J connectivity index is 1.65. The number of carbonyl (C=O) groups excluding carboxylic acids is 1. The number of benzene rings is 1. The second kappa shape index (κ2) is 6.50. The zero-order chi connectivity index (χ0) is 18.2. The molecule has 1 aliphatic carbocycles. The lowest BCUT2D eigenvalue weighted by Gasteiger charge is -2.22. The van der Waals surface area contributed by atoms with Gasteiger partial charge in [0.1, 0.15) is 12.2 Å². The maximum absolute atomic E-state index is 12.4. The van der Waals surface area contributed by atoms with Gasteiger partial charge in [0.2, 0.25) is 0 Å². The molecule has 1 aromatic heterocycles. The van der Waals surface area contributed by atoms with Crippen LogP contribution in [0.2, 0.25) is 0 Å². The van der Waals surface area contributed by atoms with Crippen molar-refractivity contribution in [1.82, 2.24) is 25.4 Å². The van der Waals surface area contributed by atoms with E-state index in [0.717, 1.165) is 12.2 Å². The van der Waals surface area contributed by atoms with E-state index in [2.05, 4.69) is 73.5 Å². The van der Waals surface area contributed by atoms with Crippen LogP contribution in [0.3, 0.4) is 0 Å². The van der Waals surface area contributed by atoms with Crippen LogP contribution in [-0.4, -0.2) is 20.8 Å². The Hall–Kier alpha value is -2.37. The number of aromatic nitrogens is 3. The average Bonchev–Trinajstić information content (AvgIpc) is 3.11. The van der Waals surface area contributed by atoms with Crippen LogP contribution in [-0.2, 0) is 18.5 Å². The number of amides is 2. The fraction of sp³-hybridized carbons (Fsp3) is 0.526. The maximum atomic E-state index is 12.4. The maximum Gasteiger partial charge on any atom is 0.315 e. The molecule has 0 aliphatic heterocycles. The molecule has 0 radical (unpaired) electrons. The molecule has 0 fully saturated rings. The topological polar surface area (TPSA) is 71.8 Å². The summed E-state index contributed by atoms with van der Waals surface area (Å²) in [6.07, 6.45) is 2.52. The standard InChI is InChI=1S/C19H27N5O/c1-12-6-7-14-9-13(2)17(15(14)8-12)23-18(25)20-10-16-21-11-22-24(16)19(3,4)5/h6-8,11,13,17H,9-10H2,1-5H3,(H2,20,23,25)/t13-,17-/m1/s1. The number of nitrogens with one attached hydrogen (secondary N) is 2. The Morgan fingerprint density at radius 2 is 2.12 bits per heavy atom. The molecule has 25 heavy (non-hydrogen) atoms. The second-order valence-corrected chi connectivity index (χ2v) is 7.95. The lowest BCUT2D eigenvalue weighted by Crippen LogP contribution is -2.39. The number of nitrogens with zero attached hydrogens (tertiary/aromatic N) is 3. The van der Waals surface area contributed by atoms with Gasteiger partial charge in [-0.25, -0.2) is 14.5 Å². The third-order valence-corrected chi connectivity index (χ3v) is 4.69. The van der Waals surface area contributed by atoms with E-state index in [9.17, 15) is 4.79 Å². The van der Waals surface area contributed by atoms with Crippen molar-refractivity contribution in [2.75, 3.05) is 0 Å². The lowest BCUT2D eigenvalue weighted by atomic mass is 10.0. The van der Waals surface area contributed by atoms with E-state index >= 15 is 0 Å². The van der Waals surface area contributed by atoms with E-state index in [1.54, 1.807) is 0 Å². The molecule has 0 saturated carbocycles. The molecular weight excluding hydrogens is 314 g/mol. The Labute approximate surface area is 149 Å². The van der Waals surface area contributed by atoms with Crippen molar-refractivity contribution < 1.29 is 4.79 Å². The van der Waals surface area contributed by atoms with Crippen molar-refractivity contribution in [2.45, 2.75) is 59.2 Å². The minimum Gasteiger partial charge on any atom is -0.331 e. The molecule has 0 unspecified atom stereocenters. The summed E-state index contributed by atoms with van der Waals surface area (Å²) in [5.41, 5.74) is 3.62. The smallest absolute Gasteiger partial charge is 0.315 e. The first-order valence-electron chi connectivity index (χ1n) is 8.79. The zero-order valence-electron chi connectivity index (χ0n) is 15.6. The molecule has 0 bridgehead atoms. The monoisotopic (exact) mass is 341 g/mol. The molecule has 1 aliphatic rings. The van der Waals surface area contributed by atoms with Crippen LogP contribution >= 0.6 is 0 Å². The Kier molecular flexibility index (Phi) is 4.54. The van der Waals surface area contributed by atoms with Crippen LogP contribution in [0.15, 0.2) is 24.5 Å². The van der Waals surface area contributed by atoms with Crippen molar-refractivity contribution >= 4 is 6.03 Å². The molecule has 134 valence electrons. The van der Waals surface area contributed by atoms with E-state index < -0.39 is 0 Å². The fourth-order valence-electron chi connectivity index (χ4n) is 3.48. The van der Waals surface area contributed by atoms with E-state index in [-0.39, 0.29) is 17.6 Å². The van der Waals surface area contributed by atoms with Crippen LogP contribution in [0, 0.1) is 12.8 Å². The van der Waals surface area contributed by atoms with Gasteiger partial charge in [0.15, 0.2) is 0 Å². The van der Waals surface area contributed by atoms with Gasteiger partial charge >= 0.3 is 6.03 Å². The number of hydrogen-bond donors (Lipinski definition) is 2. The number of aryl methyl sites for hydroxylation is 1. The second-order valence-electron chi connectivity index (χ2n) is 7.95. The van der Waals surface area contributed by atoms with Crippen molar-refractivity contribution in [2.24, 2.45) is 5.92 Å². The summed E-state index contributed by atoms with van der Waals surface area (Å²) in [6, 6.07) is 6.37. The number of fused-ring (bicyclic) bond motifs is 1. The normalized spacial score (nSPS) is 19.6. The molecule has 1 heterocycles. The van der Waals surface area contributed by atoms with Gasteiger partial charge in [-0.2, -0.15) is 5.10 Å². The van der Waals surface area contributed by atoms with Gasteiger partial charge in [0.05, 0.1) is 18.1 Å². The van der Waals surface area contributed by atoms with E-state index in [1.807, 2.05) is 4.68 Å². The van der Waals surface area contributed by atoms with E-state index in [4.69, 9.17) is 0 Å². The Bertz CT molecular complexity index is 774. The van der Waals surface area contributed by atoms with Crippen LogP contribution in [0.4, 0.5) is 4.79 Å². The first kappa shape index (κ1) is 17.5. The van der Waals surface area contributed by atoms with Crippen molar-refractivity contribution in [3.8, 4) is 0 Å². The number of rotatable bonds is 3. The quantitative estimate of drug-likeness (QED) is 0.901. The molecule has 0 saturated heterocycles. The summed E-state index contributed by atoms with van der Waals surface area (Å²) in [5.74, 6) is 1.14. The molecule has 2 aromatic rings. The third kappa shape index (κ3) is 3.67. The van der Waals surface area contributed by atoms with Crippen LogP contribution in [0.25, 0.3) is 0 Å². The molecule has 2 amide bonds. The zero-order valence-corrected chi connectivity index (χ0v) is 15.6. The Morgan fingerprint density at radius 1 is 1.36 bits per heavy atom. The molecule has 2 N–H and O–H groups in total. The van der Waals surface area contributed by atoms with Gasteiger partial charge in [0.25, 0.3) is 0 Å².